The maximum atomic E-state index is 14.0. The predicted molar refractivity (Wildman–Crippen MR) is 83.4 cm³/mol. The third-order valence-corrected chi connectivity index (χ3v) is 3.60. The first-order valence-corrected chi connectivity index (χ1v) is 7.57. The minimum Gasteiger partial charge on any atom is -0.462 e. The van der Waals surface area contributed by atoms with Crippen LogP contribution in [0, 0.1) is 5.82 Å². The summed E-state index contributed by atoms with van der Waals surface area (Å²) in [4.78, 5) is 11.5. The fourth-order valence-corrected chi connectivity index (χ4v) is 2.05. The lowest BCUT2D eigenvalue weighted by Crippen LogP contribution is -2.34. The van der Waals surface area contributed by atoms with Gasteiger partial charge >= 0.3 is 12.1 Å². The quantitative estimate of drug-likeness (QED) is 0.509. The Morgan fingerprint density at radius 1 is 1.04 bits per heavy atom. The van der Waals surface area contributed by atoms with Gasteiger partial charge in [0.25, 0.3) is 0 Å². The lowest BCUT2D eigenvalue weighted by molar-refractivity contribution is -0.228. The minimum absolute atomic E-state index is 0.00880. The molecular formula is C18H15F5O3. The van der Waals surface area contributed by atoms with Crippen LogP contribution in [0.1, 0.15) is 29.8 Å². The van der Waals surface area contributed by atoms with Gasteiger partial charge in [-0.05, 0) is 49.7 Å². The molecule has 0 aliphatic heterocycles. The van der Waals surface area contributed by atoms with E-state index in [1.807, 2.05) is 0 Å². The number of alkyl halides is 4. The highest BCUT2D eigenvalue weighted by molar-refractivity contribution is 5.89. The van der Waals surface area contributed by atoms with Crippen LogP contribution in [-0.2, 0) is 10.4 Å². The first-order chi connectivity index (χ1) is 12.1. The summed E-state index contributed by atoms with van der Waals surface area (Å²) in [6, 6.07) is 7.40. The summed E-state index contributed by atoms with van der Waals surface area (Å²) in [7, 11) is 0. The Kier molecular flexibility index (Phi) is 5.53. The van der Waals surface area contributed by atoms with Gasteiger partial charge in [-0.2, -0.15) is 13.2 Å². The molecule has 1 atom stereocenters. The van der Waals surface area contributed by atoms with Crippen LogP contribution in [0.25, 0.3) is 0 Å². The van der Waals surface area contributed by atoms with E-state index in [4.69, 9.17) is 9.47 Å². The first kappa shape index (κ1) is 19.7. The Labute approximate surface area is 146 Å². The fourth-order valence-electron chi connectivity index (χ4n) is 2.05. The van der Waals surface area contributed by atoms with E-state index in [0.717, 1.165) is 30.3 Å². The van der Waals surface area contributed by atoms with Crippen molar-refractivity contribution in [2.24, 2.45) is 0 Å². The normalized spacial score (nSPS) is 13.8. The van der Waals surface area contributed by atoms with E-state index in [1.54, 1.807) is 6.92 Å². The van der Waals surface area contributed by atoms with Crippen LogP contribution in [0.2, 0.25) is 0 Å². The number of carbonyl (C=O) groups excluding carboxylic acids is 1. The number of carbonyl (C=O) groups is 1. The van der Waals surface area contributed by atoms with Gasteiger partial charge in [-0.3, -0.25) is 0 Å². The predicted octanol–water partition coefficient (Wildman–Crippen LogP) is 5.54. The Balaban J connectivity index is 2.18. The highest BCUT2D eigenvalue weighted by atomic mass is 19.4. The molecule has 0 N–H and O–H groups in total. The third kappa shape index (κ3) is 4.12. The zero-order valence-electron chi connectivity index (χ0n) is 13.9. The van der Waals surface area contributed by atoms with Crippen LogP contribution in [0.4, 0.5) is 22.0 Å². The molecule has 2 aromatic rings. The largest absolute Gasteiger partial charge is 0.462 e. The van der Waals surface area contributed by atoms with Crippen molar-refractivity contribution in [3.05, 3.63) is 59.4 Å². The van der Waals surface area contributed by atoms with Gasteiger partial charge in [0.05, 0.1) is 12.2 Å². The first-order valence-electron chi connectivity index (χ1n) is 7.57. The molecule has 0 radical (unpaired) electrons. The number of esters is 1. The van der Waals surface area contributed by atoms with Crippen LogP contribution >= 0.6 is 0 Å². The molecule has 0 amide bonds. The van der Waals surface area contributed by atoms with Crippen LogP contribution < -0.4 is 4.74 Å². The second-order valence-corrected chi connectivity index (χ2v) is 5.49. The number of hydrogen-bond acceptors (Lipinski definition) is 3. The molecular weight excluding hydrogens is 359 g/mol. The summed E-state index contributed by atoms with van der Waals surface area (Å²) in [6.45, 7) is 2.16. The molecule has 1 unspecified atom stereocenters. The second-order valence-electron chi connectivity index (χ2n) is 5.49. The summed E-state index contributed by atoms with van der Waals surface area (Å²) in [5.41, 5.74) is -4.13. The molecule has 2 rings (SSSR count). The Morgan fingerprint density at radius 2 is 1.65 bits per heavy atom. The summed E-state index contributed by atoms with van der Waals surface area (Å²) < 4.78 is 75.9. The number of halogens is 5. The maximum Gasteiger partial charge on any atom is 0.426 e. The van der Waals surface area contributed by atoms with E-state index < -0.39 is 29.2 Å². The molecule has 3 nitrogen and oxygen atoms in total. The Morgan fingerprint density at radius 3 is 2.15 bits per heavy atom. The zero-order chi connectivity index (χ0) is 19.5. The molecule has 0 saturated heterocycles. The molecule has 140 valence electrons. The average Bonchev–Trinajstić information content (AvgIpc) is 2.56. The van der Waals surface area contributed by atoms with Gasteiger partial charge in [0.1, 0.15) is 5.75 Å². The van der Waals surface area contributed by atoms with Crippen LogP contribution in [0.5, 0.6) is 11.5 Å². The van der Waals surface area contributed by atoms with Crippen LogP contribution in [0.15, 0.2) is 42.5 Å². The highest BCUT2D eigenvalue weighted by Crippen LogP contribution is 2.42. The lowest BCUT2D eigenvalue weighted by Gasteiger charge is -2.24. The van der Waals surface area contributed by atoms with Gasteiger partial charge in [-0.15, -0.1) is 0 Å². The zero-order valence-corrected chi connectivity index (χ0v) is 13.9. The van der Waals surface area contributed by atoms with Gasteiger partial charge in [-0.1, -0.05) is 12.1 Å². The molecule has 8 heteroatoms. The van der Waals surface area contributed by atoms with E-state index in [2.05, 4.69) is 0 Å². The molecule has 0 spiro atoms. The summed E-state index contributed by atoms with van der Waals surface area (Å²) in [5, 5.41) is 0. The van der Waals surface area contributed by atoms with Gasteiger partial charge in [-0.25, -0.2) is 13.6 Å². The molecule has 0 heterocycles. The lowest BCUT2D eigenvalue weighted by atomic mass is 9.97. The highest BCUT2D eigenvalue weighted by Gasteiger charge is 2.53. The number of hydrogen-bond donors (Lipinski definition) is 0. The van der Waals surface area contributed by atoms with Crippen molar-refractivity contribution < 1.29 is 36.2 Å². The Hall–Kier alpha value is -2.64. The van der Waals surface area contributed by atoms with Gasteiger partial charge in [0.2, 0.25) is 5.67 Å². The number of ether oxygens (including phenoxy) is 2. The van der Waals surface area contributed by atoms with Crippen LogP contribution in [0.3, 0.4) is 0 Å². The van der Waals surface area contributed by atoms with Gasteiger partial charge in [0, 0.05) is 0 Å². The van der Waals surface area contributed by atoms with E-state index in [1.165, 1.54) is 12.1 Å². The van der Waals surface area contributed by atoms with E-state index in [0.29, 0.717) is 6.92 Å². The minimum atomic E-state index is -5.07. The molecule has 0 aliphatic carbocycles. The maximum absolute atomic E-state index is 14.0. The third-order valence-electron chi connectivity index (χ3n) is 3.60. The van der Waals surface area contributed by atoms with E-state index in [9.17, 15) is 26.7 Å². The molecule has 0 aromatic heterocycles. The Bertz CT molecular complexity index is 782. The van der Waals surface area contributed by atoms with Gasteiger partial charge < -0.3 is 9.47 Å². The van der Waals surface area contributed by atoms with E-state index in [-0.39, 0.29) is 23.7 Å². The van der Waals surface area contributed by atoms with Crippen molar-refractivity contribution in [3.8, 4) is 11.5 Å². The van der Waals surface area contributed by atoms with Crippen molar-refractivity contribution in [2.75, 3.05) is 6.61 Å². The van der Waals surface area contributed by atoms with Crippen molar-refractivity contribution >= 4 is 5.97 Å². The van der Waals surface area contributed by atoms with Crippen molar-refractivity contribution in [1.82, 2.24) is 0 Å². The summed E-state index contributed by atoms with van der Waals surface area (Å²) >= 11 is 0. The van der Waals surface area contributed by atoms with Gasteiger partial charge in [0.15, 0.2) is 11.6 Å². The topological polar surface area (TPSA) is 35.5 Å². The van der Waals surface area contributed by atoms with E-state index >= 15 is 0 Å². The molecule has 2 aromatic carbocycles. The summed E-state index contributed by atoms with van der Waals surface area (Å²) in [6.07, 6.45) is -5.07. The molecule has 0 fully saturated rings. The van der Waals surface area contributed by atoms with Crippen molar-refractivity contribution in [3.63, 3.8) is 0 Å². The molecule has 26 heavy (non-hydrogen) atoms. The van der Waals surface area contributed by atoms with Crippen molar-refractivity contribution in [2.45, 2.75) is 25.7 Å². The summed E-state index contributed by atoms with van der Waals surface area (Å²) in [5.74, 6) is -1.79. The second kappa shape index (κ2) is 7.31. The molecule has 0 bridgehead atoms. The standard InChI is InChI=1S/C18H15F5O3/c1-3-25-16(24)11-4-9-15(14(19)10-11)26-13-7-5-12(6-8-13)17(2,20)18(21,22)23/h4-10H,3H2,1-2H3. The number of rotatable bonds is 5. The smallest absolute Gasteiger partial charge is 0.426 e. The fraction of sp³-hybridized carbons (Fsp3) is 0.278. The average molecular weight is 374 g/mol. The molecule has 0 saturated carbocycles. The number of benzene rings is 2. The van der Waals surface area contributed by atoms with Crippen LogP contribution in [-0.4, -0.2) is 18.8 Å². The SMILES string of the molecule is CCOC(=O)c1ccc(Oc2ccc(C(C)(F)C(F)(F)F)cc2)c(F)c1. The van der Waals surface area contributed by atoms with Crippen molar-refractivity contribution in [1.29, 1.82) is 0 Å². The monoisotopic (exact) mass is 374 g/mol. The molecule has 0 aliphatic rings.